The van der Waals surface area contributed by atoms with Crippen LogP contribution in [0.2, 0.25) is 0 Å². The van der Waals surface area contributed by atoms with Gasteiger partial charge in [-0.25, -0.2) is 0 Å². The van der Waals surface area contributed by atoms with Crippen LogP contribution in [0.15, 0.2) is 24.3 Å². The number of hydrogen-bond acceptors (Lipinski definition) is 6. The number of nitrogens with zero attached hydrogens (tertiary/aromatic N) is 2. The highest BCUT2D eigenvalue weighted by atomic mass is 32.1. The number of nitrogens with one attached hydrogen (secondary N) is 1. The van der Waals surface area contributed by atoms with Gasteiger partial charge in [0.05, 0.1) is 5.69 Å². The van der Waals surface area contributed by atoms with Crippen molar-refractivity contribution in [3.05, 3.63) is 40.4 Å². The summed E-state index contributed by atoms with van der Waals surface area (Å²) in [6.45, 7) is 3.90. The van der Waals surface area contributed by atoms with Gasteiger partial charge in [0.25, 0.3) is 11.8 Å². The third kappa shape index (κ3) is 5.04. The topological polar surface area (TPSA) is 131 Å². The molecule has 1 aromatic heterocycles. The second-order valence-corrected chi connectivity index (χ2v) is 8.72. The molecular weight excluding hydrogens is 414 g/mol. The zero-order chi connectivity index (χ0) is 22.5. The molecule has 1 atom stereocenters. The molecule has 166 valence electrons. The summed E-state index contributed by atoms with van der Waals surface area (Å²) in [7, 11) is 0. The molecule has 1 aromatic carbocycles. The van der Waals surface area contributed by atoms with Crippen molar-refractivity contribution in [1.82, 2.24) is 9.69 Å². The summed E-state index contributed by atoms with van der Waals surface area (Å²) in [5.74, 6) is -1.44. The van der Waals surface area contributed by atoms with Crippen molar-refractivity contribution in [2.24, 2.45) is 5.73 Å². The molecule has 31 heavy (non-hydrogen) atoms. The quantitative estimate of drug-likeness (QED) is 0.577. The number of carbonyl (C=O) groups is 3. The number of anilines is 2. The van der Waals surface area contributed by atoms with Crippen molar-refractivity contribution in [2.45, 2.75) is 64.5 Å². The number of carbonyl (C=O) groups excluding carboxylic acids is 3. The molecule has 1 aliphatic carbocycles. The highest BCUT2D eigenvalue weighted by Crippen LogP contribution is 2.29. The highest BCUT2D eigenvalue weighted by Gasteiger charge is 2.35. The fourth-order valence-electron chi connectivity index (χ4n) is 3.97. The molecule has 2 aromatic rings. The first-order valence-electron chi connectivity index (χ1n) is 10.6. The van der Waals surface area contributed by atoms with Crippen LogP contribution in [-0.4, -0.2) is 34.2 Å². The lowest BCUT2D eigenvalue weighted by Gasteiger charge is -2.32. The predicted octanol–water partition coefficient (Wildman–Crippen LogP) is 3.01. The first-order chi connectivity index (χ1) is 14.8. The summed E-state index contributed by atoms with van der Waals surface area (Å²) in [5.41, 5.74) is 12.7. The number of benzene rings is 1. The van der Waals surface area contributed by atoms with Crippen LogP contribution >= 0.6 is 11.5 Å². The van der Waals surface area contributed by atoms with Crippen molar-refractivity contribution in [3.63, 3.8) is 0 Å². The number of aromatic nitrogens is 1. The number of nitrogen functional groups attached to an aromatic ring is 1. The predicted molar refractivity (Wildman–Crippen MR) is 122 cm³/mol. The minimum atomic E-state index is -0.793. The number of hydrogen-bond donors (Lipinski definition) is 3. The Labute approximate surface area is 186 Å². The zero-order valence-corrected chi connectivity index (χ0v) is 18.7. The van der Waals surface area contributed by atoms with Crippen LogP contribution < -0.4 is 21.7 Å². The normalized spacial score (nSPS) is 14.9. The van der Waals surface area contributed by atoms with Gasteiger partial charge < -0.3 is 16.8 Å². The van der Waals surface area contributed by atoms with E-state index in [4.69, 9.17) is 11.5 Å². The average Bonchev–Trinajstić information content (AvgIpc) is 3.37. The summed E-state index contributed by atoms with van der Waals surface area (Å²) in [5, 5.41) is 3.12. The fraction of sp³-hybridized carbons (Fsp3) is 0.455. The summed E-state index contributed by atoms with van der Waals surface area (Å²) >= 11 is 0.821. The summed E-state index contributed by atoms with van der Waals surface area (Å²) in [4.78, 5) is 40.1. The van der Waals surface area contributed by atoms with E-state index in [1.807, 2.05) is 32.0 Å². The average molecular weight is 444 g/mol. The maximum atomic E-state index is 13.7. The van der Waals surface area contributed by atoms with Crippen molar-refractivity contribution in [2.75, 3.05) is 10.6 Å². The van der Waals surface area contributed by atoms with Crippen LogP contribution in [0.3, 0.4) is 0 Å². The molecule has 3 rings (SSSR count). The summed E-state index contributed by atoms with van der Waals surface area (Å²) in [6, 6.07) is 6.84. The molecule has 0 spiro atoms. The third-order valence-corrected chi connectivity index (χ3v) is 6.38. The largest absolute Gasteiger partial charge is 0.395 e. The second kappa shape index (κ2) is 9.91. The molecule has 3 amide bonds. The molecule has 1 saturated carbocycles. The number of rotatable bonds is 8. The first kappa shape index (κ1) is 22.7. The van der Waals surface area contributed by atoms with Gasteiger partial charge in [0, 0.05) is 11.7 Å². The molecule has 5 N–H and O–H groups in total. The van der Waals surface area contributed by atoms with Gasteiger partial charge in [0.2, 0.25) is 5.91 Å². The lowest BCUT2D eigenvalue weighted by atomic mass is 10.1. The summed E-state index contributed by atoms with van der Waals surface area (Å²) in [6.07, 6.45) is 5.29. The standard InChI is InChI=1S/C22H29N5O3S/c1-3-7-16(21(29)25-14-9-4-5-10-14)27(15-11-6-8-13(2)12-15)22(30)19-17(23)18(20(24)28)26-31-19/h6,8,11-12,14,16H,3-5,7,9-10,23H2,1-2H3,(H2,24,28)(H,25,29). The van der Waals surface area contributed by atoms with Crippen LogP contribution in [0.4, 0.5) is 11.4 Å². The molecule has 1 fully saturated rings. The Morgan fingerprint density at radius 3 is 2.58 bits per heavy atom. The molecule has 1 heterocycles. The van der Waals surface area contributed by atoms with Crippen molar-refractivity contribution >= 4 is 40.6 Å². The number of amides is 3. The van der Waals surface area contributed by atoms with Gasteiger partial charge in [-0.15, -0.1) is 0 Å². The van der Waals surface area contributed by atoms with E-state index in [-0.39, 0.29) is 28.2 Å². The van der Waals surface area contributed by atoms with E-state index in [0.717, 1.165) is 42.8 Å². The van der Waals surface area contributed by atoms with Gasteiger partial charge in [0.1, 0.15) is 10.9 Å². The maximum Gasteiger partial charge on any atom is 0.272 e. The molecule has 1 unspecified atom stereocenters. The molecule has 0 aliphatic heterocycles. The van der Waals surface area contributed by atoms with E-state index in [1.54, 1.807) is 6.07 Å². The minimum absolute atomic E-state index is 0.0494. The SMILES string of the molecule is CCCC(C(=O)NC1CCCC1)N(C(=O)c1snc(C(N)=O)c1N)c1cccc(C)c1. The Balaban J connectivity index is 2.02. The zero-order valence-electron chi connectivity index (χ0n) is 17.9. The Bertz CT molecular complexity index is 968. The Morgan fingerprint density at radius 2 is 2.00 bits per heavy atom. The van der Waals surface area contributed by atoms with Crippen LogP contribution in [0, 0.1) is 6.92 Å². The van der Waals surface area contributed by atoms with Gasteiger partial charge in [-0.1, -0.05) is 38.3 Å². The number of nitrogens with two attached hydrogens (primary N) is 2. The molecule has 0 saturated heterocycles. The molecular formula is C22H29N5O3S. The molecule has 0 radical (unpaired) electrons. The van der Waals surface area contributed by atoms with E-state index in [2.05, 4.69) is 9.69 Å². The van der Waals surface area contributed by atoms with Crippen LogP contribution in [0.5, 0.6) is 0 Å². The molecule has 0 bridgehead atoms. The Hall–Kier alpha value is -2.94. The van der Waals surface area contributed by atoms with E-state index < -0.39 is 17.9 Å². The van der Waals surface area contributed by atoms with Crippen LogP contribution in [-0.2, 0) is 4.79 Å². The van der Waals surface area contributed by atoms with Crippen molar-refractivity contribution < 1.29 is 14.4 Å². The van der Waals surface area contributed by atoms with E-state index in [1.165, 1.54) is 4.90 Å². The minimum Gasteiger partial charge on any atom is -0.395 e. The summed E-state index contributed by atoms with van der Waals surface area (Å²) < 4.78 is 3.96. The molecule has 8 nitrogen and oxygen atoms in total. The highest BCUT2D eigenvalue weighted by molar-refractivity contribution is 7.09. The fourth-order valence-corrected chi connectivity index (χ4v) is 4.72. The van der Waals surface area contributed by atoms with Gasteiger partial charge >= 0.3 is 0 Å². The smallest absolute Gasteiger partial charge is 0.272 e. The van der Waals surface area contributed by atoms with E-state index in [9.17, 15) is 14.4 Å². The van der Waals surface area contributed by atoms with Gasteiger partial charge in [0.15, 0.2) is 5.69 Å². The monoisotopic (exact) mass is 443 g/mol. The Morgan fingerprint density at radius 1 is 1.29 bits per heavy atom. The molecule has 9 heteroatoms. The molecule has 1 aliphatic rings. The lowest BCUT2D eigenvalue weighted by Crippen LogP contribution is -2.51. The second-order valence-electron chi connectivity index (χ2n) is 7.95. The van der Waals surface area contributed by atoms with Gasteiger partial charge in [-0.2, -0.15) is 4.37 Å². The van der Waals surface area contributed by atoms with Crippen molar-refractivity contribution in [1.29, 1.82) is 0 Å². The number of primary amides is 1. The van der Waals surface area contributed by atoms with Gasteiger partial charge in [-0.3, -0.25) is 19.3 Å². The van der Waals surface area contributed by atoms with Crippen LogP contribution in [0.25, 0.3) is 0 Å². The maximum absolute atomic E-state index is 13.7. The van der Waals surface area contributed by atoms with Crippen molar-refractivity contribution in [3.8, 4) is 0 Å². The van der Waals surface area contributed by atoms with Gasteiger partial charge in [-0.05, 0) is 55.4 Å². The van der Waals surface area contributed by atoms with E-state index in [0.29, 0.717) is 18.5 Å². The van der Waals surface area contributed by atoms with Crippen LogP contribution in [0.1, 0.15) is 71.2 Å². The third-order valence-electron chi connectivity index (χ3n) is 5.53. The number of aryl methyl sites for hydroxylation is 1. The lowest BCUT2D eigenvalue weighted by molar-refractivity contribution is -0.123. The van der Waals surface area contributed by atoms with E-state index >= 15 is 0 Å². The Kier molecular flexibility index (Phi) is 7.27. The first-order valence-corrected chi connectivity index (χ1v) is 11.4.